The van der Waals surface area contributed by atoms with E-state index in [2.05, 4.69) is 20.2 Å². The summed E-state index contributed by atoms with van der Waals surface area (Å²) in [6.45, 7) is 3.80. The first-order valence-corrected chi connectivity index (χ1v) is 10.5. The third kappa shape index (κ3) is 7.02. The van der Waals surface area contributed by atoms with Gasteiger partial charge in [0, 0.05) is 51.5 Å². The number of alkyl carbamates (subject to hydrolysis) is 1. The minimum Gasteiger partial charge on any atom is -0.445 e. The Hall–Kier alpha value is -3.16. The molecule has 0 spiro atoms. The van der Waals surface area contributed by atoms with Crippen LogP contribution in [0.1, 0.15) is 31.2 Å². The molecule has 3 rings (SSSR count). The van der Waals surface area contributed by atoms with Crippen LogP contribution in [0.2, 0.25) is 0 Å². The minimum atomic E-state index is -0.407. The molecule has 1 N–H and O–H groups in total. The number of anilines is 1. The largest absolute Gasteiger partial charge is 0.445 e. The van der Waals surface area contributed by atoms with Gasteiger partial charge in [0.05, 0.1) is 6.20 Å². The average molecular weight is 412 g/mol. The van der Waals surface area contributed by atoms with E-state index in [-0.39, 0.29) is 12.5 Å². The molecule has 1 aliphatic heterocycles. The maximum Gasteiger partial charge on any atom is 0.407 e. The third-order valence-electron chi connectivity index (χ3n) is 5.06. The molecule has 2 aromatic rings. The van der Waals surface area contributed by atoms with E-state index in [0.717, 1.165) is 43.7 Å². The Morgan fingerprint density at radius 1 is 1.00 bits per heavy atom. The molecule has 0 bridgehead atoms. The van der Waals surface area contributed by atoms with Crippen molar-refractivity contribution in [1.82, 2.24) is 20.2 Å². The molecular formula is C22H29N5O3. The predicted molar refractivity (Wildman–Crippen MR) is 114 cm³/mol. The Kier molecular flexibility index (Phi) is 8.44. The fourth-order valence-electron chi connectivity index (χ4n) is 3.34. The van der Waals surface area contributed by atoms with E-state index < -0.39 is 6.09 Å². The fraction of sp³-hybridized carbons (Fsp3) is 0.455. The number of ether oxygens (including phenoxy) is 1. The molecule has 1 aliphatic rings. The Labute approximate surface area is 177 Å². The first-order valence-electron chi connectivity index (χ1n) is 10.5. The topological polar surface area (TPSA) is 87.7 Å². The van der Waals surface area contributed by atoms with Gasteiger partial charge >= 0.3 is 6.09 Å². The van der Waals surface area contributed by atoms with Gasteiger partial charge < -0.3 is 19.9 Å². The second-order valence-electron chi connectivity index (χ2n) is 7.23. The minimum absolute atomic E-state index is 0.198. The Morgan fingerprint density at radius 3 is 2.53 bits per heavy atom. The molecule has 2 amide bonds. The van der Waals surface area contributed by atoms with E-state index in [9.17, 15) is 9.59 Å². The number of nitrogens with one attached hydrogen (secondary N) is 1. The van der Waals surface area contributed by atoms with Crippen molar-refractivity contribution >= 4 is 17.8 Å². The van der Waals surface area contributed by atoms with Crippen molar-refractivity contribution in [2.45, 2.75) is 32.3 Å². The number of rotatable bonds is 9. The highest BCUT2D eigenvalue weighted by Gasteiger charge is 2.21. The van der Waals surface area contributed by atoms with E-state index in [4.69, 9.17) is 4.74 Å². The van der Waals surface area contributed by atoms with Crippen molar-refractivity contribution in [2.24, 2.45) is 0 Å². The zero-order chi connectivity index (χ0) is 21.0. The van der Waals surface area contributed by atoms with Gasteiger partial charge in [-0.2, -0.15) is 0 Å². The molecule has 0 unspecified atom stereocenters. The highest BCUT2D eigenvalue weighted by atomic mass is 16.5. The molecule has 8 heteroatoms. The summed E-state index contributed by atoms with van der Waals surface area (Å²) < 4.78 is 5.17. The molecule has 2 heterocycles. The quantitative estimate of drug-likeness (QED) is 0.638. The van der Waals surface area contributed by atoms with E-state index in [1.54, 1.807) is 18.6 Å². The van der Waals surface area contributed by atoms with Gasteiger partial charge in [0.2, 0.25) is 5.91 Å². The number of amides is 2. The van der Waals surface area contributed by atoms with E-state index in [1.807, 2.05) is 35.2 Å². The second kappa shape index (κ2) is 11.7. The van der Waals surface area contributed by atoms with Crippen LogP contribution in [0, 0.1) is 0 Å². The van der Waals surface area contributed by atoms with Gasteiger partial charge in [0.1, 0.15) is 12.4 Å². The average Bonchev–Trinajstić information content (AvgIpc) is 2.81. The van der Waals surface area contributed by atoms with Crippen molar-refractivity contribution in [1.29, 1.82) is 0 Å². The molecule has 1 fully saturated rings. The number of benzene rings is 1. The van der Waals surface area contributed by atoms with Gasteiger partial charge in [0.25, 0.3) is 0 Å². The molecular weight excluding hydrogens is 382 g/mol. The van der Waals surface area contributed by atoms with E-state index >= 15 is 0 Å². The summed E-state index contributed by atoms with van der Waals surface area (Å²) in [5, 5.41) is 2.75. The Bertz CT molecular complexity index is 780. The summed E-state index contributed by atoms with van der Waals surface area (Å²) in [6, 6.07) is 9.58. The standard InChI is InChI=1S/C22H29N5O3/c28-21(27-15-13-26(14-16-27)20-17-23-11-12-24-20)9-5-2-6-10-25-22(29)30-18-19-7-3-1-4-8-19/h1,3-4,7-8,11-12,17H,2,5-6,9-10,13-16,18H2,(H,25,29). The van der Waals surface area contributed by atoms with Gasteiger partial charge in [-0.1, -0.05) is 36.8 Å². The highest BCUT2D eigenvalue weighted by Crippen LogP contribution is 2.13. The lowest BCUT2D eigenvalue weighted by Crippen LogP contribution is -2.49. The summed E-state index contributed by atoms with van der Waals surface area (Å²) in [5.41, 5.74) is 0.962. The first kappa shape index (κ1) is 21.5. The monoisotopic (exact) mass is 411 g/mol. The molecule has 0 saturated carbocycles. The fourth-order valence-corrected chi connectivity index (χ4v) is 3.34. The third-order valence-corrected chi connectivity index (χ3v) is 5.06. The van der Waals surface area contributed by atoms with Gasteiger partial charge in [-0.25, -0.2) is 9.78 Å². The number of aromatic nitrogens is 2. The van der Waals surface area contributed by atoms with Crippen molar-refractivity contribution < 1.29 is 14.3 Å². The van der Waals surface area contributed by atoms with E-state index in [1.165, 1.54) is 0 Å². The number of unbranched alkanes of at least 4 members (excludes halogenated alkanes) is 2. The van der Waals surface area contributed by atoms with Gasteiger partial charge in [-0.15, -0.1) is 0 Å². The SMILES string of the molecule is O=C(NCCCCCC(=O)N1CCN(c2cnccn2)CC1)OCc1ccccc1. The summed E-state index contributed by atoms with van der Waals surface area (Å²) in [4.78, 5) is 36.6. The van der Waals surface area contributed by atoms with Crippen molar-refractivity contribution in [3.63, 3.8) is 0 Å². The molecule has 0 radical (unpaired) electrons. The van der Waals surface area contributed by atoms with Crippen LogP contribution in [0.4, 0.5) is 10.6 Å². The maximum atomic E-state index is 12.4. The lowest BCUT2D eigenvalue weighted by Gasteiger charge is -2.35. The van der Waals surface area contributed by atoms with Crippen molar-refractivity contribution in [3.8, 4) is 0 Å². The first-order chi connectivity index (χ1) is 14.7. The number of piperazine rings is 1. The van der Waals surface area contributed by atoms with Crippen molar-refractivity contribution in [2.75, 3.05) is 37.6 Å². The summed E-state index contributed by atoms with van der Waals surface area (Å²) >= 11 is 0. The van der Waals surface area contributed by atoms with Gasteiger partial charge in [0.15, 0.2) is 0 Å². The number of carbonyl (C=O) groups is 2. The zero-order valence-electron chi connectivity index (χ0n) is 17.2. The molecule has 160 valence electrons. The second-order valence-corrected chi connectivity index (χ2v) is 7.23. The molecule has 8 nitrogen and oxygen atoms in total. The van der Waals surface area contributed by atoms with Crippen LogP contribution in [0.5, 0.6) is 0 Å². The molecule has 0 atom stereocenters. The number of hydrogen-bond acceptors (Lipinski definition) is 6. The molecule has 1 aromatic carbocycles. The van der Waals surface area contributed by atoms with Crippen LogP contribution in [-0.4, -0.2) is 59.6 Å². The maximum absolute atomic E-state index is 12.4. The summed E-state index contributed by atoms with van der Waals surface area (Å²) in [5.74, 6) is 1.06. The Balaban J connectivity index is 1.21. The van der Waals surface area contributed by atoms with Crippen molar-refractivity contribution in [3.05, 3.63) is 54.5 Å². The number of nitrogens with zero attached hydrogens (tertiary/aromatic N) is 4. The predicted octanol–water partition coefficient (Wildman–Crippen LogP) is 2.61. The summed E-state index contributed by atoms with van der Waals surface area (Å²) in [6.07, 6.45) is 7.78. The van der Waals surface area contributed by atoms with Gasteiger partial charge in [-0.3, -0.25) is 9.78 Å². The Morgan fingerprint density at radius 2 is 1.80 bits per heavy atom. The molecule has 30 heavy (non-hydrogen) atoms. The smallest absolute Gasteiger partial charge is 0.407 e. The molecule has 1 saturated heterocycles. The lowest BCUT2D eigenvalue weighted by atomic mass is 10.1. The molecule has 0 aliphatic carbocycles. The van der Waals surface area contributed by atoms with Crippen LogP contribution < -0.4 is 10.2 Å². The molecule has 1 aromatic heterocycles. The number of hydrogen-bond donors (Lipinski definition) is 1. The van der Waals surface area contributed by atoms with Crippen LogP contribution in [0.25, 0.3) is 0 Å². The van der Waals surface area contributed by atoms with Crippen LogP contribution in [-0.2, 0) is 16.1 Å². The number of carbonyl (C=O) groups excluding carboxylic acids is 2. The van der Waals surface area contributed by atoms with Gasteiger partial charge in [-0.05, 0) is 18.4 Å². The van der Waals surface area contributed by atoms with Crippen LogP contribution in [0.3, 0.4) is 0 Å². The normalized spacial score (nSPS) is 13.7. The highest BCUT2D eigenvalue weighted by molar-refractivity contribution is 5.76. The van der Waals surface area contributed by atoms with Crippen LogP contribution in [0.15, 0.2) is 48.9 Å². The lowest BCUT2D eigenvalue weighted by molar-refractivity contribution is -0.131. The van der Waals surface area contributed by atoms with Crippen LogP contribution >= 0.6 is 0 Å². The van der Waals surface area contributed by atoms with E-state index in [0.29, 0.717) is 26.1 Å². The summed E-state index contributed by atoms with van der Waals surface area (Å²) in [7, 11) is 0. The zero-order valence-corrected chi connectivity index (χ0v) is 17.2.